The monoisotopic (exact) mass is 2110 g/mol. The number of rotatable bonds is 9. The normalized spacial score (nSPS) is 11.5. The molecule has 0 aliphatic rings. The van der Waals surface area contributed by atoms with Crippen molar-refractivity contribution in [1.29, 1.82) is 0 Å². The fourth-order valence-electron chi connectivity index (χ4n) is 14.6. The number of para-hydroxylation sites is 3. The fraction of sp³-hybridized carbons (Fsp3) is 0.168. The first-order chi connectivity index (χ1) is 55.4. The van der Waals surface area contributed by atoms with E-state index in [4.69, 9.17) is 46.8 Å². The third kappa shape index (κ3) is 20.6. The zero-order valence-corrected chi connectivity index (χ0v) is 75.9. The first kappa shape index (κ1) is 89.4. The van der Waals surface area contributed by atoms with Crippen molar-refractivity contribution >= 4 is 116 Å². The Kier molecular flexibility index (Phi) is 28.7. The van der Waals surface area contributed by atoms with E-state index >= 15 is 0 Å². The predicted molar refractivity (Wildman–Crippen MR) is 466 cm³/mol. The number of carbonyl (C=O) groups excluding carboxylic acids is 3. The summed E-state index contributed by atoms with van der Waals surface area (Å²) in [6.07, 6.45) is 8.88. The molecular weight excluding hydrogens is 2020 g/mol. The predicted octanol–water partition coefficient (Wildman–Crippen LogP) is 27.1. The van der Waals surface area contributed by atoms with Gasteiger partial charge in [0.15, 0.2) is 34.1 Å². The molecule has 0 atom stereocenters. The van der Waals surface area contributed by atoms with Crippen molar-refractivity contribution in [2.24, 2.45) is 0 Å². The van der Waals surface area contributed by atoms with Crippen LogP contribution < -0.4 is 0 Å². The Morgan fingerprint density at radius 1 is 0.345 bits per heavy atom. The van der Waals surface area contributed by atoms with E-state index in [1.54, 1.807) is 18.6 Å². The SMILES string of the molecule is CC(=O)C=C(C)O.CC(=O)C=C(C)O.CC(=O)C=C(C)O.Cc1cc(C(C)(C)C)cc(C)c1-c1cc2cc(-c3[c-]ccc4c3oc3ccccc34)ncc2o1.Cc1cc(C)c(-c2cc3cc(-c4[c-]ccc5c4oc4ccccc45)ncc3o2)c(C)c1.Cc1cc(C)cc(-c2cc3cc(-c4[c-]ccc5c4oc4ccccc45)ncc3o2)c1.[Ir].[Ir].[Ir]. The average Bonchev–Trinajstić information content (AvgIpc) is 1.65. The Bertz CT molecular complexity index is 6780. The van der Waals surface area contributed by atoms with Crippen LogP contribution in [0.5, 0.6) is 0 Å². The molecule has 9 heterocycles. The Hall–Kier alpha value is -12.0. The zero-order chi connectivity index (χ0) is 82.6. The number of aliphatic hydroxyl groups excluding tert-OH is 3. The van der Waals surface area contributed by atoms with E-state index in [0.717, 1.165) is 166 Å². The van der Waals surface area contributed by atoms with Crippen LogP contribution in [0.1, 0.15) is 107 Å². The van der Waals surface area contributed by atoms with Crippen LogP contribution in [-0.2, 0) is 80.1 Å². The van der Waals surface area contributed by atoms with Gasteiger partial charge in [0.05, 0.1) is 52.6 Å². The molecule has 0 unspecified atom stereocenters. The van der Waals surface area contributed by atoms with Crippen molar-refractivity contribution < 1.29 is 117 Å². The van der Waals surface area contributed by atoms with Gasteiger partial charge in [0, 0.05) is 128 Å². The molecule has 0 spiro atoms. The van der Waals surface area contributed by atoms with Gasteiger partial charge in [-0.1, -0.05) is 173 Å². The molecule has 9 aromatic carbocycles. The Morgan fingerprint density at radius 3 is 0.941 bits per heavy atom. The Labute approximate surface area is 730 Å². The summed E-state index contributed by atoms with van der Waals surface area (Å²) >= 11 is 0. The van der Waals surface area contributed by atoms with E-state index in [1.807, 2.05) is 97.1 Å². The summed E-state index contributed by atoms with van der Waals surface area (Å²) in [7, 11) is 0. The van der Waals surface area contributed by atoms with Gasteiger partial charge in [0.1, 0.15) is 34.0 Å². The second-order valence-corrected chi connectivity index (χ2v) is 30.3. The van der Waals surface area contributed by atoms with Gasteiger partial charge < -0.3 is 56.8 Å². The molecule has 0 fully saturated rings. The van der Waals surface area contributed by atoms with Gasteiger partial charge in [-0.25, -0.2) is 0 Å². The number of hydrogen-bond acceptors (Lipinski definition) is 15. The van der Waals surface area contributed by atoms with Gasteiger partial charge in [-0.3, -0.25) is 14.4 Å². The molecule has 0 aliphatic carbocycles. The number of fused-ring (bicyclic) bond motifs is 12. The third-order valence-electron chi connectivity index (χ3n) is 19.3. The van der Waals surface area contributed by atoms with Gasteiger partial charge >= 0.3 is 0 Å². The molecule has 18 aromatic rings. The minimum atomic E-state index is -0.125. The maximum Gasteiger partial charge on any atom is 0.155 e. The largest absolute Gasteiger partial charge is 0.512 e. The van der Waals surface area contributed by atoms with E-state index in [0.29, 0.717) is 0 Å². The van der Waals surface area contributed by atoms with Crippen molar-refractivity contribution in [3.63, 3.8) is 0 Å². The molecule has 609 valence electrons. The van der Waals surface area contributed by atoms with Crippen LogP contribution in [0.2, 0.25) is 0 Å². The van der Waals surface area contributed by atoms with Crippen LogP contribution in [0.4, 0.5) is 0 Å². The van der Waals surface area contributed by atoms with E-state index in [-0.39, 0.29) is 100 Å². The fourth-order valence-corrected chi connectivity index (χ4v) is 14.6. The van der Waals surface area contributed by atoms with Crippen molar-refractivity contribution in [2.75, 3.05) is 0 Å². The summed E-state index contributed by atoms with van der Waals surface area (Å²) in [4.78, 5) is 44.1. The second kappa shape index (κ2) is 38.2. The summed E-state index contributed by atoms with van der Waals surface area (Å²) in [5.41, 5.74) is 25.8. The number of ketones is 3. The molecule has 0 saturated carbocycles. The number of pyridine rings is 3. The first-order valence-electron chi connectivity index (χ1n) is 38.0. The number of benzene rings is 9. The van der Waals surface area contributed by atoms with Gasteiger partial charge in [0.25, 0.3) is 0 Å². The maximum atomic E-state index is 10.0. The number of nitrogens with zero attached hydrogens (tertiary/aromatic N) is 3. The van der Waals surface area contributed by atoms with Gasteiger partial charge in [-0.2, -0.15) is 0 Å². The second-order valence-electron chi connectivity index (χ2n) is 30.3. The number of aryl methyl sites for hydroxylation is 7. The van der Waals surface area contributed by atoms with Crippen LogP contribution in [0, 0.1) is 66.7 Å². The van der Waals surface area contributed by atoms with Gasteiger partial charge in [-0.15, -0.1) is 54.6 Å². The smallest absolute Gasteiger partial charge is 0.155 e. The number of aliphatic hydroxyl groups is 3. The molecule has 18 rings (SSSR count). The molecule has 0 saturated heterocycles. The standard InChI is InChI=1S/C31H26NO2.C28H20NO2.C27H18NO2.3C5H8O2.3Ir/c1-18-13-21(31(3,4)5)14-19(2)29(18)27-16-20-15-25(32-17-28(20)33-27)24-11-8-10-23-22-9-6-7-12-26(22)34-30(23)24;1-16-11-17(2)27(18(3)12-16)25-14-19-13-23(29-15-26(19)30-25)22-9-6-8-21-20-7-4-5-10-24(20)31-28(21)22;1-16-10-17(2)12-18(11-16)25-14-19-13-23(28-15-26(19)29-25)22-8-5-7-21-20-6-3-4-9-24(20)30-27(21)22;3*1-4(6)3-5(2)7;;;/h6-10,12-17H,1-5H3;4-8,10-15H,1-3H3;3-7,9-15H,1-2H3;3*3,6H,1-2H3;;;/q3*-1;;;;;;. The van der Waals surface area contributed by atoms with Crippen LogP contribution in [0.15, 0.2) is 269 Å². The molecule has 3 N–H and O–H groups in total. The molecule has 18 heteroatoms. The van der Waals surface area contributed by atoms with E-state index in [9.17, 15) is 14.4 Å². The van der Waals surface area contributed by atoms with E-state index in [2.05, 4.69) is 188 Å². The number of furan rings is 6. The molecule has 3 radical (unpaired) electrons. The Morgan fingerprint density at radius 2 is 0.639 bits per heavy atom. The Balaban J connectivity index is 0.000000165. The molecule has 0 aliphatic heterocycles. The van der Waals surface area contributed by atoms with E-state index < -0.39 is 0 Å². The molecule has 0 bridgehead atoms. The number of aromatic nitrogens is 3. The van der Waals surface area contributed by atoms with Crippen molar-refractivity contribution in [3.8, 4) is 67.7 Å². The van der Waals surface area contributed by atoms with Crippen LogP contribution in [0.3, 0.4) is 0 Å². The average molecular weight is 2110 g/mol. The van der Waals surface area contributed by atoms with Crippen molar-refractivity contribution in [3.05, 3.63) is 305 Å². The molecule has 15 nitrogen and oxygen atoms in total. The first-order valence-corrected chi connectivity index (χ1v) is 38.0. The zero-order valence-electron chi connectivity index (χ0n) is 68.7. The number of hydrogen-bond donors (Lipinski definition) is 3. The van der Waals surface area contributed by atoms with Crippen molar-refractivity contribution in [2.45, 2.75) is 116 Å². The van der Waals surface area contributed by atoms with Gasteiger partial charge in [0.2, 0.25) is 0 Å². The summed E-state index contributed by atoms with van der Waals surface area (Å²) in [6, 6.07) is 74.0. The molecule has 0 amide bonds. The summed E-state index contributed by atoms with van der Waals surface area (Å²) < 4.78 is 37.1. The van der Waals surface area contributed by atoms with Crippen LogP contribution in [0.25, 0.3) is 166 Å². The van der Waals surface area contributed by atoms with Gasteiger partial charge in [-0.05, 0) is 189 Å². The van der Waals surface area contributed by atoms with Crippen LogP contribution >= 0.6 is 0 Å². The maximum absolute atomic E-state index is 10.0. The minimum absolute atomic E-state index is 0. The quantitative estimate of drug-likeness (QED) is 0.0693. The molecular formula is C101H88Ir3N3O12-3. The van der Waals surface area contributed by atoms with Crippen molar-refractivity contribution in [1.82, 2.24) is 15.0 Å². The summed E-state index contributed by atoms with van der Waals surface area (Å²) in [5, 5.41) is 34.7. The molecule has 119 heavy (non-hydrogen) atoms. The summed E-state index contributed by atoms with van der Waals surface area (Å²) in [5.74, 6) is 2.40. The minimum Gasteiger partial charge on any atom is -0.512 e. The topological polar surface area (TPSA) is 229 Å². The number of carbonyl (C=O) groups is 3. The third-order valence-corrected chi connectivity index (χ3v) is 19.3. The summed E-state index contributed by atoms with van der Waals surface area (Å²) in [6.45, 7) is 30.2. The van der Waals surface area contributed by atoms with E-state index in [1.165, 1.54) is 104 Å². The van der Waals surface area contributed by atoms with Crippen LogP contribution in [-0.4, -0.2) is 47.6 Å². The number of allylic oxidation sites excluding steroid dienone is 6. The molecule has 9 aromatic heterocycles.